The van der Waals surface area contributed by atoms with Gasteiger partial charge in [0.1, 0.15) is 0 Å². The molecule has 154 valence electrons. The number of carbonyl (C=O) groups excluding carboxylic acids is 2. The van der Waals surface area contributed by atoms with Gasteiger partial charge in [-0.1, -0.05) is 30.0 Å². The van der Waals surface area contributed by atoms with E-state index >= 15 is 0 Å². The van der Waals surface area contributed by atoms with E-state index in [2.05, 4.69) is 26.4 Å². The molecule has 0 fully saturated rings. The number of aromatic nitrogens is 4. The van der Waals surface area contributed by atoms with E-state index in [1.807, 2.05) is 32.0 Å². The van der Waals surface area contributed by atoms with E-state index in [4.69, 9.17) is 0 Å². The summed E-state index contributed by atoms with van der Waals surface area (Å²) in [6, 6.07) is 10.9. The molecule has 0 bridgehead atoms. The highest BCUT2D eigenvalue weighted by Gasteiger charge is 2.15. The van der Waals surface area contributed by atoms with Gasteiger partial charge in [-0.05, 0) is 47.5 Å². The zero-order valence-electron chi connectivity index (χ0n) is 16.0. The van der Waals surface area contributed by atoms with E-state index in [9.17, 15) is 19.7 Å². The zero-order chi connectivity index (χ0) is 21.7. The Bertz CT molecular complexity index is 1120. The molecule has 1 heterocycles. The van der Waals surface area contributed by atoms with Crippen LogP contribution in [0.5, 0.6) is 0 Å². The summed E-state index contributed by atoms with van der Waals surface area (Å²) in [7, 11) is 0. The van der Waals surface area contributed by atoms with Crippen molar-refractivity contribution in [2.45, 2.75) is 19.0 Å². The van der Waals surface area contributed by atoms with E-state index in [0.29, 0.717) is 5.16 Å². The van der Waals surface area contributed by atoms with Gasteiger partial charge < -0.3 is 0 Å². The van der Waals surface area contributed by atoms with Crippen LogP contribution in [0, 0.1) is 24.0 Å². The molecule has 12 heteroatoms. The van der Waals surface area contributed by atoms with Crippen molar-refractivity contribution in [2.24, 2.45) is 0 Å². The molecule has 0 radical (unpaired) electrons. The Hall–Kier alpha value is -3.80. The van der Waals surface area contributed by atoms with Crippen molar-refractivity contribution >= 4 is 29.3 Å². The molecule has 1 aromatic heterocycles. The number of aryl methyl sites for hydroxylation is 1. The zero-order valence-corrected chi connectivity index (χ0v) is 16.8. The summed E-state index contributed by atoms with van der Waals surface area (Å²) in [5, 5.41) is 22.8. The van der Waals surface area contributed by atoms with E-state index in [1.54, 1.807) is 4.68 Å². The summed E-state index contributed by atoms with van der Waals surface area (Å²) in [4.78, 5) is 34.3. The first-order valence-corrected chi connectivity index (χ1v) is 9.67. The van der Waals surface area contributed by atoms with Crippen LogP contribution in [0.2, 0.25) is 0 Å². The fraction of sp³-hybridized carbons (Fsp3) is 0.167. The van der Waals surface area contributed by atoms with Gasteiger partial charge in [-0.25, -0.2) is 0 Å². The van der Waals surface area contributed by atoms with Crippen molar-refractivity contribution in [3.63, 3.8) is 0 Å². The lowest BCUT2D eigenvalue weighted by molar-refractivity contribution is -0.384. The maximum Gasteiger partial charge on any atom is 0.270 e. The van der Waals surface area contributed by atoms with Crippen molar-refractivity contribution < 1.29 is 14.5 Å². The first-order chi connectivity index (χ1) is 14.4. The first kappa shape index (κ1) is 20.9. The number of hydrazine groups is 1. The van der Waals surface area contributed by atoms with Crippen LogP contribution < -0.4 is 10.9 Å². The third-order valence-electron chi connectivity index (χ3n) is 4.21. The Balaban J connectivity index is 1.58. The van der Waals surface area contributed by atoms with E-state index < -0.39 is 16.7 Å². The van der Waals surface area contributed by atoms with E-state index in [1.165, 1.54) is 18.2 Å². The topological polar surface area (TPSA) is 145 Å². The predicted octanol–water partition coefficient (Wildman–Crippen LogP) is 1.74. The largest absolute Gasteiger partial charge is 0.272 e. The quantitative estimate of drug-likeness (QED) is 0.344. The summed E-state index contributed by atoms with van der Waals surface area (Å²) in [5.41, 5.74) is 7.23. The number of thioether (sulfide) groups is 1. The summed E-state index contributed by atoms with van der Waals surface area (Å²) in [6.07, 6.45) is 0. The number of nitro groups is 1. The minimum absolute atomic E-state index is 0.0519. The molecule has 2 N–H and O–H groups in total. The SMILES string of the molecule is Cc1cccc(-n2nnnc2SCC(=O)NNC(=O)c2cccc([N+](=O)[O-])c2)c1C. The van der Waals surface area contributed by atoms with Gasteiger partial charge in [0.2, 0.25) is 11.1 Å². The number of amides is 2. The Morgan fingerprint density at radius 2 is 1.93 bits per heavy atom. The molecule has 2 aromatic carbocycles. The Morgan fingerprint density at radius 3 is 2.70 bits per heavy atom. The molecule has 0 atom stereocenters. The van der Waals surface area contributed by atoms with Gasteiger partial charge in [0.25, 0.3) is 11.6 Å². The minimum Gasteiger partial charge on any atom is -0.272 e. The van der Waals surface area contributed by atoms with Gasteiger partial charge in [0.05, 0.1) is 16.4 Å². The fourth-order valence-corrected chi connectivity index (χ4v) is 3.19. The second-order valence-electron chi connectivity index (χ2n) is 6.19. The average Bonchev–Trinajstić information content (AvgIpc) is 3.20. The highest BCUT2D eigenvalue weighted by molar-refractivity contribution is 7.99. The van der Waals surface area contributed by atoms with Crippen LogP contribution in [-0.4, -0.2) is 42.7 Å². The van der Waals surface area contributed by atoms with Crippen LogP contribution in [0.25, 0.3) is 5.69 Å². The molecule has 0 saturated heterocycles. The molecular weight excluding hydrogens is 410 g/mol. The van der Waals surface area contributed by atoms with Crippen LogP contribution in [-0.2, 0) is 4.79 Å². The van der Waals surface area contributed by atoms with Gasteiger partial charge in [0.15, 0.2) is 0 Å². The molecule has 0 aliphatic carbocycles. The number of benzene rings is 2. The maximum absolute atomic E-state index is 12.1. The lowest BCUT2D eigenvalue weighted by Gasteiger charge is -2.10. The average molecular weight is 427 g/mol. The van der Waals surface area contributed by atoms with Crippen molar-refractivity contribution in [2.75, 3.05) is 5.75 Å². The third kappa shape index (κ3) is 4.78. The number of nitrogens with zero attached hydrogens (tertiary/aromatic N) is 5. The number of tetrazole rings is 1. The number of nitro benzene ring substituents is 1. The normalized spacial score (nSPS) is 10.5. The molecule has 11 nitrogen and oxygen atoms in total. The van der Waals surface area contributed by atoms with Crippen LogP contribution in [0.15, 0.2) is 47.6 Å². The standard InChI is InChI=1S/C18H17N7O4S/c1-11-5-3-8-15(12(11)2)24-18(21-22-23-24)30-10-16(26)19-20-17(27)13-6-4-7-14(9-13)25(28)29/h3-9H,10H2,1-2H3,(H,19,26)(H,20,27). The summed E-state index contributed by atoms with van der Waals surface area (Å²) >= 11 is 1.10. The monoisotopic (exact) mass is 427 g/mol. The van der Waals surface area contributed by atoms with E-state index in [-0.39, 0.29) is 17.0 Å². The number of hydrogen-bond acceptors (Lipinski definition) is 8. The van der Waals surface area contributed by atoms with E-state index in [0.717, 1.165) is 34.6 Å². The molecule has 0 unspecified atom stereocenters. The fourth-order valence-electron chi connectivity index (χ4n) is 2.51. The Morgan fingerprint density at radius 1 is 1.17 bits per heavy atom. The van der Waals surface area contributed by atoms with Crippen LogP contribution in [0.1, 0.15) is 21.5 Å². The molecule has 0 aliphatic rings. The van der Waals surface area contributed by atoms with Gasteiger partial charge in [-0.15, -0.1) is 5.10 Å². The second kappa shape index (κ2) is 9.13. The third-order valence-corrected chi connectivity index (χ3v) is 5.13. The Kier molecular flexibility index (Phi) is 6.37. The van der Waals surface area contributed by atoms with Crippen molar-refractivity contribution in [1.82, 2.24) is 31.1 Å². The molecule has 0 saturated carbocycles. The van der Waals surface area contributed by atoms with Crippen LogP contribution in [0.3, 0.4) is 0 Å². The smallest absolute Gasteiger partial charge is 0.270 e. The maximum atomic E-state index is 12.1. The molecule has 30 heavy (non-hydrogen) atoms. The number of rotatable bonds is 6. The van der Waals surface area contributed by atoms with Crippen molar-refractivity contribution in [3.8, 4) is 5.69 Å². The van der Waals surface area contributed by atoms with Crippen LogP contribution >= 0.6 is 11.8 Å². The van der Waals surface area contributed by atoms with Gasteiger partial charge in [-0.2, -0.15) is 4.68 Å². The lowest BCUT2D eigenvalue weighted by Crippen LogP contribution is -2.42. The molecule has 0 aliphatic heterocycles. The van der Waals surface area contributed by atoms with Crippen molar-refractivity contribution in [3.05, 3.63) is 69.3 Å². The second-order valence-corrected chi connectivity index (χ2v) is 7.13. The van der Waals surface area contributed by atoms with Gasteiger partial charge in [0, 0.05) is 17.7 Å². The number of carbonyl (C=O) groups is 2. The highest BCUT2D eigenvalue weighted by atomic mass is 32.2. The van der Waals surface area contributed by atoms with Crippen molar-refractivity contribution in [1.29, 1.82) is 0 Å². The molecule has 3 aromatic rings. The van der Waals surface area contributed by atoms with Gasteiger partial charge >= 0.3 is 0 Å². The minimum atomic E-state index is -0.669. The predicted molar refractivity (Wildman–Crippen MR) is 108 cm³/mol. The summed E-state index contributed by atoms with van der Waals surface area (Å²) in [6.45, 7) is 3.93. The lowest BCUT2D eigenvalue weighted by atomic mass is 10.1. The summed E-state index contributed by atoms with van der Waals surface area (Å²) < 4.78 is 1.54. The number of hydrogen-bond donors (Lipinski definition) is 2. The molecular formula is C18H17N7O4S. The highest BCUT2D eigenvalue weighted by Crippen LogP contribution is 2.22. The van der Waals surface area contributed by atoms with Crippen LogP contribution in [0.4, 0.5) is 5.69 Å². The van der Waals surface area contributed by atoms with Gasteiger partial charge in [-0.3, -0.25) is 30.6 Å². The molecule has 3 rings (SSSR count). The first-order valence-electron chi connectivity index (χ1n) is 8.68. The summed E-state index contributed by atoms with van der Waals surface area (Å²) in [5.74, 6) is -1.22. The molecule has 0 spiro atoms. The molecule has 2 amide bonds. The Labute approximate surface area is 175 Å². The number of non-ortho nitro benzene ring substituents is 1. The number of nitrogens with one attached hydrogen (secondary N) is 2.